The summed E-state index contributed by atoms with van der Waals surface area (Å²) in [5.41, 5.74) is 1.98. The van der Waals surface area contributed by atoms with E-state index in [1.165, 1.54) is 13.2 Å². The second-order valence-corrected chi connectivity index (χ2v) is 12.3. The van der Waals surface area contributed by atoms with Crippen molar-refractivity contribution in [3.8, 4) is 5.75 Å². The number of rotatable bonds is 6. The molecule has 4 heterocycles. The summed E-state index contributed by atoms with van der Waals surface area (Å²) in [4.78, 5) is 41.7. The molecule has 3 aromatic rings. The highest BCUT2D eigenvalue weighted by molar-refractivity contribution is 5.95. The lowest BCUT2D eigenvalue weighted by Gasteiger charge is -2.34. The zero-order chi connectivity index (χ0) is 31.7. The molecule has 0 bridgehead atoms. The van der Waals surface area contributed by atoms with Gasteiger partial charge in [-0.05, 0) is 84.9 Å². The van der Waals surface area contributed by atoms with Gasteiger partial charge in [0.25, 0.3) is 11.8 Å². The fourth-order valence-corrected chi connectivity index (χ4v) is 6.92. The average molecular weight is 622 g/mol. The molecule has 238 valence electrons. The van der Waals surface area contributed by atoms with Crippen molar-refractivity contribution in [1.29, 1.82) is 0 Å². The molecule has 3 fully saturated rings. The minimum atomic E-state index is -4.59. The zero-order valence-electron chi connectivity index (χ0n) is 25.6. The van der Waals surface area contributed by atoms with Crippen LogP contribution < -0.4 is 9.64 Å². The minimum Gasteiger partial charge on any atom is -0.497 e. The third kappa shape index (κ3) is 6.62. The Hall–Kier alpha value is -4.15. The molecule has 0 unspecified atom stereocenters. The van der Waals surface area contributed by atoms with Crippen LogP contribution in [0.15, 0.2) is 54.9 Å². The van der Waals surface area contributed by atoms with Gasteiger partial charge in [-0.2, -0.15) is 13.2 Å². The number of carbonyl (C=O) groups excluding carboxylic acids is 2. The highest BCUT2D eigenvalue weighted by atomic mass is 19.4. The average Bonchev–Trinajstić information content (AvgIpc) is 3.51. The van der Waals surface area contributed by atoms with Gasteiger partial charge in [-0.15, -0.1) is 0 Å². The number of halogens is 3. The number of fused-ring (bicyclic) bond motifs is 1. The Kier molecular flexibility index (Phi) is 8.70. The minimum absolute atomic E-state index is 0.00920. The number of hydrogen-bond donors (Lipinski definition) is 0. The van der Waals surface area contributed by atoms with Crippen LogP contribution in [0.2, 0.25) is 0 Å². The van der Waals surface area contributed by atoms with Gasteiger partial charge in [-0.3, -0.25) is 9.59 Å². The third-order valence-corrected chi connectivity index (χ3v) is 9.57. The summed E-state index contributed by atoms with van der Waals surface area (Å²) in [7, 11) is 1.28. The zero-order valence-corrected chi connectivity index (χ0v) is 25.6. The molecule has 2 atom stereocenters. The molecule has 0 N–H and O–H groups in total. The Morgan fingerprint density at radius 2 is 1.56 bits per heavy atom. The molecule has 0 spiro atoms. The Bertz CT molecular complexity index is 1540. The summed E-state index contributed by atoms with van der Waals surface area (Å²) in [6.45, 7) is 5.75. The second kappa shape index (κ2) is 12.7. The Labute approximate surface area is 261 Å². The van der Waals surface area contributed by atoms with Crippen LogP contribution in [0.3, 0.4) is 0 Å². The molecule has 8 nitrogen and oxygen atoms in total. The number of carbonyl (C=O) groups is 2. The normalized spacial score (nSPS) is 20.7. The molecule has 2 aromatic carbocycles. The molecule has 3 saturated heterocycles. The van der Waals surface area contributed by atoms with Gasteiger partial charge in [-0.1, -0.05) is 19.1 Å². The first-order chi connectivity index (χ1) is 21.6. The number of nitrogens with zero attached hydrogens (tertiary/aromatic N) is 5. The summed E-state index contributed by atoms with van der Waals surface area (Å²) in [5.74, 6) is 0.896. The van der Waals surface area contributed by atoms with Crippen molar-refractivity contribution in [2.24, 2.45) is 11.8 Å². The molecular formula is C34H38F3N5O3. The van der Waals surface area contributed by atoms with E-state index in [1.54, 1.807) is 4.90 Å². The molecule has 3 aliphatic rings. The van der Waals surface area contributed by atoms with Gasteiger partial charge >= 0.3 is 6.18 Å². The predicted octanol–water partition coefficient (Wildman–Crippen LogP) is 5.68. The molecule has 0 saturated carbocycles. The number of aryl methyl sites for hydroxylation is 1. The predicted molar refractivity (Wildman–Crippen MR) is 163 cm³/mol. The summed E-state index contributed by atoms with van der Waals surface area (Å²) >= 11 is 0. The lowest BCUT2D eigenvalue weighted by atomic mass is 9.87. The summed E-state index contributed by atoms with van der Waals surface area (Å²) in [6, 6.07) is 11.1. The van der Waals surface area contributed by atoms with E-state index < -0.39 is 17.6 Å². The number of likely N-dealkylation sites (tertiary alicyclic amines) is 2. The van der Waals surface area contributed by atoms with E-state index in [-0.39, 0.29) is 29.1 Å². The first kappa shape index (κ1) is 30.9. The maximum Gasteiger partial charge on any atom is 0.416 e. The number of hydrogen-bond acceptors (Lipinski definition) is 6. The maximum absolute atomic E-state index is 13.7. The van der Waals surface area contributed by atoms with Crippen molar-refractivity contribution < 1.29 is 27.5 Å². The Balaban J connectivity index is 1.07. The number of piperidine rings is 2. The first-order valence-electron chi connectivity index (χ1n) is 15.6. The van der Waals surface area contributed by atoms with Crippen molar-refractivity contribution in [3.05, 3.63) is 82.7 Å². The van der Waals surface area contributed by atoms with E-state index in [2.05, 4.69) is 27.9 Å². The molecule has 2 amide bonds. The van der Waals surface area contributed by atoms with E-state index in [9.17, 15) is 22.8 Å². The fourth-order valence-electron chi connectivity index (χ4n) is 6.92. The number of methoxy groups -OCH3 is 1. The van der Waals surface area contributed by atoms with E-state index in [0.29, 0.717) is 37.7 Å². The number of alkyl halides is 3. The quantitative estimate of drug-likeness (QED) is 0.352. The Morgan fingerprint density at radius 3 is 2.24 bits per heavy atom. The smallest absolute Gasteiger partial charge is 0.416 e. The van der Waals surface area contributed by atoms with Crippen molar-refractivity contribution >= 4 is 17.8 Å². The molecule has 11 heteroatoms. The largest absolute Gasteiger partial charge is 0.497 e. The SMILES string of the molecule is CCc1cnc(N2CCC(c3cccc(C(=O)N4CC[C@@H]5CN(C(=O)c6cc(OC)cc(C(F)(F)F)c6)C[C@@H]5C4)c3)CC2)nc1. The van der Waals surface area contributed by atoms with Gasteiger partial charge in [0, 0.05) is 62.8 Å². The van der Waals surface area contributed by atoms with Crippen LogP contribution >= 0.6 is 0 Å². The van der Waals surface area contributed by atoms with Crippen LogP contribution in [0.4, 0.5) is 19.1 Å². The monoisotopic (exact) mass is 621 g/mol. The molecule has 45 heavy (non-hydrogen) atoms. The number of aromatic nitrogens is 2. The second-order valence-electron chi connectivity index (χ2n) is 12.3. The molecule has 1 aromatic heterocycles. The summed E-state index contributed by atoms with van der Waals surface area (Å²) in [6.07, 6.45) is 2.74. The van der Waals surface area contributed by atoms with E-state index >= 15 is 0 Å². The van der Waals surface area contributed by atoms with Gasteiger partial charge in [0.15, 0.2) is 0 Å². The highest BCUT2D eigenvalue weighted by Crippen LogP contribution is 2.36. The number of ether oxygens (including phenoxy) is 1. The van der Waals surface area contributed by atoms with Gasteiger partial charge in [0.1, 0.15) is 5.75 Å². The van der Waals surface area contributed by atoms with E-state index in [0.717, 1.165) is 68.0 Å². The topological polar surface area (TPSA) is 78.9 Å². The van der Waals surface area contributed by atoms with Gasteiger partial charge in [0.05, 0.1) is 12.7 Å². The fraction of sp³-hybridized carbons (Fsp3) is 0.471. The van der Waals surface area contributed by atoms with Crippen LogP contribution in [-0.4, -0.2) is 78.0 Å². The van der Waals surface area contributed by atoms with Crippen LogP contribution in [0.5, 0.6) is 5.75 Å². The van der Waals surface area contributed by atoms with Crippen LogP contribution in [-0.2, 0) is 12.6 Å². The van der Waals surface area contributed by atoms with E-state index in [4.69, 9.17) is 4.74 Å². The van der Waals surface area contributed by atoms with E-state index in [1.807, 2.05) is 35.5 Å². The lowest BCUT2D eigenvalue weighted by molar-refractivity contribution is -0.137. The molecule has 6 rings (SSSR count). The van der Waals surface area contributed by atoms with Crippen LogP contribution in [0.1, 0.15) is 69.5 Å². The van der Waals surface area contributed by atoms with Crippen molar-refractivity contribution in [2.75, 3.05) is 51.3 Å². The van der Waals surface area contributed by atoms with Crippen LogP contribution in [0.25, 0.3) is 0 Å². The van der Waals surface area contributed by atoms with Crippen LogP contribution in [0, 0.1) is 11.8 Å². The van der Waals surface area contributed by atoms with Gasteiger partial charge in [-0.25, -0.2) is 9.97 Å². The summed E-state index contributed by atoms with van der Waals surface area (Å²) in [5, 5.41) is 0. The first-order valence-corrected chi connectivity index (χ1v) is 15.6. The van der Waals surface area contributed by atoms with Crippen molar-refractivity contribution in [3.63, 3.8) is 0 Å². The summed E-state index contributed by atoms with van der Waals surface area (Å²) < 4.78 is 45.3. The Morgan fingerprint density at radius 1 is 0.867 bits per heavy atom. The highest BCUT2D eigenvalue weighted by Gasteiger charge is 2.41. The lowest BCUT2D eigenvalue weighted by Crippen LogP contribution is -2.43. The molecule has 3 aliphatic heterocycles. The van der Waals surface area contributed by atoms with Crippen molar-refractivity contribution in [2.45, 2.75) is 44.7 Å². The molecular weight excluding hydrogens is 583 g/mol. The number of benzene rings is 2. The van der Waals surface area contributed by atoms with Gasteiger partial charge < -0.3 is 19.4 Å². The molecule has 0 radical (unpaired) electrons. The third-order valence-electron chi connectivity index (χ3n) is 9.57. The molecule has 0 aliphatic carbocycles. The number of amides is 2. The van der Waals surface area contributed by atoms with Crippen molar-refractivity contribution in [1.82, 2.24) is 19.8 Å². The number of anilines is 1. The van der Waals surface area contributed by atoms with Gasteiger partial charge in [0.2, 0.25) is 5.95 Å². The maximum atomic E-state index is 13.7. The standard InChI is InChI=1S/C34H38F3N5O3/c1-3-22-17-38-33(39-18-22)40-10-7-23(8-11-40)24-5-4-6-25(13-24)31(43)41-12-9-26-19-42(21-28(26)20-41)32(44)27-14-29(34(35,36)37)16-30(15-27)45-2/h4-6,13-18,23,26,28H,3,7-12,19-21H2,1-2H3/t26-,28+/m1/s1.